The van der Waals surface area contributed by atoms with Gasteiger partial charge in [-0.1, -0.05) is 12.1 Å². The van der Waals surface area contributed by atoms with Gasteiger partial charge in [-0.2, -0.15) is 0 Å². The molecule has 0 saturated heterocycles. The lowest BCUT2D eigenvalue weighted by Crippen LogP contribution is -2.26. The summed E-state index contributed by atoms with van der Waals surface area (Å²) in [5.41, 5.74) is 2.31. The molecular weight excluding hydrogens is 356 g/mol. The Morgan fingerprint density at radius 3 is 2.29 bits per heavy atom. The van der Waals surface area contributed by atoms with Crippen LogP contribution in [0.25, 0.3) is 0 Å². The van der Waals surface area contributed by atoms with Crippen LogP contribution in [0.4, 0.5) is 11.4 Å². The molecule has 3 N–H and O–H groups in total. The van der Waals surface area contributed by atoms with Crippen LogP contribution in [0.2, 0.25) is 0 Å². The standard InChI is InChI=1S/C21H24N4O3/c1-25(2)21(28)15-6-4-7-17(12-15)22-13-19(26)23-18-8-3-5-14(11-18)20(27)24-16-9-10-16/h3-8,11-12,16,22H,9-10,13H2,1-2H3,(H,23,26)(H,24,27). The van der Waals surface area contributed by atoms with Crippen molar-refractivity contribution in [3.05, 3.63) is 59.7 Å². The molecular formula is C21H24N4O3. The number of hydrogen-bond donors (Lipinski definition) is 3. The number of carbonyl (C=O) groups is 3. The Morgan fingerprint density at radius 2 is 1.61 bits per heavy atom. The molecule has 0 spiro atoms. The molecule has 2 aromatic carbocycles. The number of carbonyl (C=O) groups excluding carboxylic acids is 3. The zero-order chi connectivity index (χ0) is 20.1. The zero-order valence-corrected chi connectivity index (χ0v) is 16.0. The highest BCUT2D eigenvalue weighted by Crippen LogP contribution is 2.20. The van der Waals surface area contributed by atoms with Crippen molar-refractivity contribution in [3.8, 4) is 0 Å². The Balaban J connectivity index is 1.55. The molecule has 1 fully saturated rings. The van der Waals surface area contributed by atoms with Gasteiger partial charge in [-0.15, -0.1) is 0 Å². The van der Waals surface area contributed by atoms with Crippen LogP contribution in [0.3, 0.4) is 0 Å². The summed E-state index contributed by atoms with van der Waals surface area (Å²) in [7, 11) is 3.38. The fourth-order valence-corrected chi connectivity index (χ4v) is 2.64. The lowest BCUT2D eigenvalue weighted by molar-refractivity contribution is -0.114. The number of anilines is 2. The Bertz CT molecular complexity index is 891. The first-order valence-electron chi connectivity index (χ1n) is 9.19. The molecule has 0 aromatic heterocycles. The Kier molecular flexibility index (Phi) is 5.93. The van der Waals surface area contributed by atoms with Crippen molar-refractivity contribution in [2.75, 3.05) is 31.3 Å². The topological polar surface area (TPSA) is 90.5 Å². The smallest absolute Gasteiger partial charge is 0.253 e. The van der Waals surface area contributed by atoms with Crippen molar-refractivity contribution in [1.82, 2.24) is 10.2 Å². The van der Waals surface area contributed by atoms with Crippen LogP contribution in [0, 0.1) is 0 Å². The molecule has 1 saturated carbocycles. The largest absolute Gasteiger partial charge is 0.376 e. The minimum atomic E-state index is -0.246. The third-order valence-corrected chi connectivity index (χ3v) is 4.29. The van der Waals surface area contributed by atoms with E-state index >= 15 is 0 Å². The molecule has 28 heavy (non-hydrogen) atoms. The van der Waals surface area contributed by atoms with Gasteiger partial charge in [-0.3, -0.25) is 14.4 Å². The van der Waals surface area contributed by atoms with E-state index in [1.54, 1.807) is 62.6 Å². The van der Waals surface area contributed by atoms with Crippen LogP contribution in [-0.2, 0) is 4.79 Å². The molecule has 0 bridgehead atoms. The Hall–Kier alpha value is -3.35. The van der Waals surface area contributed by atoms with E-state index in [-0.39, 0.29) is 30.3 Å². The first kappa shape index (κ1) is 19.4. The van der Waals surface area contributed by atoms with Gasteiger partial charge >= 0.3 is 0 Å². The van der Waals surface area contributed by atoms with Crippen LogP contribution in [0.15, 0.2) is 48.5 Å². The van der Waals surface area contributed by atoms with Gasteiger partial charge in [0, 0.05) is 42.6 Å². The van der Waals surface area contributed by atoms with Crippen LogP contribution in [0.1, 0.15) is 33.6 Å². The fourth-order valence-electron chi connectivity index (χ4n) is 2.64. The van der Waals surface area contributed by atoms with Gasteiger partial charge < -0.3 is 20.9 Å². The maximum Gasteiger partial charge on any atom is 0.253 e. The molecule has 1 aliphatic carbocycles. The predicted molar refractivity (Wildman–Crippen MR) is 109 cm³/mol. The van der Waals surface area contributed by atoms with Crippen molar-refractivity contribution in [2.45, 2.75) is 18.9 Å². The zero-order valence-electron chi connectivity index (χ0n) is 16.0. The van der Waals surface area contributed by atoms with E-state index in [9.17, 15) is 14.4 Å². The SMILES string of the molecule is CN(C)C(=O)c1cccc(NCC(=O)Nc2cccc(C(=O)NC3CC3)c2)c1. The summed E-state index contributed by atoms with van der Waals surface area (Å²) in [6, 6.07) is 14.1. The summed E-state index contributed by atoms with van der Waals surface area (Å²) in [6.07, 6.45) is 2.05. The molecule has 146 valence electrons. The lowest BCUT2D eigenvalue weighted by atomic mass is 10.1. The highest BCUT2D eigenvalue weighted by Gasteiger charge is 2.23. The molecule has 3 rings (SSSR count). The molecule has 0 radical (unpaired) electrons. The average molecular weight is 380 g/mol. The monoisotopic (exact) mass is 380 g/mol. The van der Waals surface area contributed by atoms with Crippen LogP contribution < -0.4 is 16.0 Å². The third kappa shape index (κ3) is 5.33. The summed E-state index contributed by atoms with van der Waals surface area (Å²) in [4.78, 5) is 37.9. The second-order valence-corrected chi connectivity index (χ2v) is 7.01. The minimum Gasteiger partial charge on any atom is -0.376 e. The molecule has 7 heteroatoms. The second-order valence-electron chi connectivity index (χ2n) is 7.01. The van der Waals surface area contributed by atoms with Crippen LogP contribution in [0.5, 0.6) is 0 Å². The number of rotatable bonds is 7. The minimum absolute atomic E-state index is 0.0398. The average Bonchev–Trinajstić information content (AvgIpc) is 3.50. The summed E-state index contributed by atoms with van der Waals surface area (Å²) in [6.45, 7) is 0.0398. The van der Waals surface area contributed by atoms with E-state index in [4.69, 9.17) is 0 Å². The number of amides is 3. The first-order chi connectivity index (χ1) is 13.4. The molecule has 2 aromatic rings. The van der Waals surface area contributed by atoms with Gasteiger partial charge in [0.1, 0.15) is 0 Å². The molecule has 3 amide bonds. The van der Waals surface area contributed by atoms with E-state index in [1.807, 2.05) is 0 Å². The van der Waals surface area contributed by atoms with Crippen molar-refractivity contribution in [3.63, 3.8) is 0 Å². The Morgan fingerprint density at radius 1 is 0.964 bits per heavy atom. The maximum atomic E-state index is 12.2. The first-order valence-corrected chi connectivity index (χ1v) is 9.19. The van der Waals surface area contributed by atoms with Crippen molar-refractivity contribution >= 4 is 29.1 Å². The normalized spacial score (nSPS) is 12.8. The number of hydrogen-bond acceptors (Lipinski definition) is 4. The highest BCUT2D eigenvalue weighted by atomic mass is 16.2. The van der Waals surface area contributed by atoms with E-state index in [0.717, 1.165) is 12.8 Å². The molecule has 1 aliphatic rings. The lowest BCUT2D eigenvalue weighted by Gasteiger charge is -2.12. The van der Waals surface area contributed by atoms with Gasteiger partial charge in [-0.05, 0) is 49.2 Å². The van der Waals surface area contributed by atoms with E-state index in [0.29, 0.717) is 22.5 Å². The Labute approximate surface area is 164 Å². The van der Waals surface area contributed by atoms with Crippen LogP contribution in [-0.4, -0.2) is 49.3 Å². The van der Waals surface area contributed by atoms with E-state index < -0.39 is 0 Å². The van der Waals surface area contributed by atoms with Crippen molar-refractivity contribution < 1.29 is 14.4 Å². The molecule has 7 nitrogen and oxygen atoms in total. The molecule has 0 aliphatic heterocycles. The quantitative estimate of drug-likeness (QED) is 0.688. The van der Waals surface area contributed by atoms with Gasteiger partial charge in [0.15, 0.2) is 0 Å². The maximum absolute atomic E-state index is 12.2. The molecule has 0 unspecified atom stereocenters. The van der Waals surface area contributed by atoms with Crippen LogP contribution >= 0.6 is 0 Å². The van der Waals surface area contributed by atoms with Gasteiger partial charge in [0.05, 0.1) is 6.54 Å². The third-order valence-electron chi connectivity index (χ3n) is 4.29. The predicted octanol–water partition coefficient (Wildman–Crippen LogP) is 2.33. The second kappa shape index (κ2) is 8.56. The summed E-state index contributed by atoms with van der Waals surface area (Å²) in [5.74, 6) is -0.474. The van der Waals surface area contributed by atoms with E-state index in [1.165, 1.54) is 4.90 Å². The summed E-state index contributed by atoms with van der Waals surface area (Å²) in [5, 5.41) is 8.71. The van der Waals surface area contributed by atoms with Gasteiger partial charge in [0.25, 0.3) is 11.8 Å². The summed E-state index contributed by atoms with van der Waals surface area (Å²) >= 11 is 0. The van der Waals surface area contributed by atoms with Gasteiger partial charge in [-0.25, -0.2) is 0 Å². The van der Waals surface area contributed by atoms with E-state index in [2.05, 4.69) is 16.0 Å². The number of nitrogens with one attached hydrogen (secondary N) is 3. The number of benzene rings is 2. The summed E-state index contributed by atoms with van der Waals surface area (Å²) < 4.78 is 0. The van der Waals surface area contributed by atoms with Crippen molar-refractivity contribution in [1.29, 1.82) is 0 Å². The fraction of sp³-hybridized carbons (Fsp3) is 0.286. The van der Waals surface area contributed by atoms with Gasteiger partial charge in [0.2, 0.25) is 5.91 Å². The number of nitrogens with zero attached hydrogens (tertiary/aromatic N) is 1. The molecule has 0 heterocycles. The molecule has 0 atom stereocenters. The highest BCUT2D eigenvalue weighted by molar-refractivity contribution is 5.98. The van der Waals surface area contributed by atoms with Crippen molar-refractivity contribution in [2.24, 2.45) is 0 Å².